The van der Waals surface area contributed by atoms with Crippen molar-refractivity contribution >= 4 is 31.9 Å². The second-order valence-corrected chi connectivity index (χ2v) is 3.19. The van der Waals surface area contributed by atoms with E-state index in [9.17, 15) is 5.11 Å². The Morgan fingerprint density at radius 1 is 1.36 bits per heavy atom. The van der Waals surface area contributed by atoms with Crippen LogP contribution in [0.15, 0.2) is 12.3 Å². The molecule has 0 aromatic carbocycles. The molecule has 0 amide bonds. The number of nitrogens with zero attached hydrogens (tertiary/aromatic N) is 1. The Balaban J connectivity index is 3.02. The van der Waals surface area contributed by atoms with Crippen LogP contribution < -0.4 is 0 Å². The average Bonchev–Trinajstić information content (AvgIpc) is 2.05. The zero-order valence-corrected chi connectivity index (χ0v) is 8.89. The lowest BCUT2D eigenvalue weighted by Gasteiger charge is -2.00. The molecule has 0 saturated carbocycles. The summed E-state index contributed by atoms with van der Waals surface area (Å²) < 4.78 is 0. The predicted octanol–water partition coefficient (Wildman–Crippen LogP) is 2.58. The van der Waals surface area contributed by atoms with Gasteiger partial charge in [0.05, 0.1) is 11.9 Å². The molecule has 60 valence electrons. The molecule has 1 aromatic rings. The van der Waals surface area contributed by atoms with Crippen LogP contribution in [0, 0.1) is 0 Å². The molecule has 0 fully saturated rings. The van der Waals surface area contributed by atoms with Crippen LogP contribution in [0.4, 0.5) is 0 Å². The molecule has 0 bridgehead atoms. The highest BCUT2D eigenvalue weighted by Crippen LogP contribution is 2.19. The molecule has 0 aliphatic carbocycles. The molecular formula is C7H7Br2NO. The van der Waals surface area contributed by atoms with Crippen molar-refractivity contribution in [2.75, 3.05) is 0 Å². The molecule has 0 aliphatic rings. The Hall–Kier alpha value is -0.0900. The molecule has 2 nitrogen and oxygen atoms in total. The van der Waals surface area contributed by atoms with E-state index in [0.717, 1.165) is 11.3 Å². The number of aromatic hydroxyl groups is 1. The molecule has 0 unspecified atom stereocenters. The van der Waals surface area contributed by atoms with E-state index in [1.54, 1.807) is 0 Å². The molecule has 1 aromatic heterocycles. The highest BCUT2D eigenvalue weighted by Gasteiger charge is 2.00. The Bertz CT molecular complexity index is 252. The van der Waals surface area contributed by atoms with Crippen LogP contribution in [0.5, 0.6) is 5.75 Å². The van der Waals surface area contributed by atoms with Gasteiger partial charge in [-0.1, -0.05) is 31.9 Å². The number of halogens is 2. The summed E-state index contributed by atoms with van der Waals surface area (Å²) in [5.74, 6) is 0.242. The minimum absolute atomic E-state index is 0.242. The summed E-state index contributed by atoms with van der Waals surface area (Å²) in [5.41, 5.74) is 1.80. The Kier molecular flexibility index (Phi) is 3.33. The lowest BCUT2D eigenvalue weighted by Crippen LogP contribution is -1.87. The van der Waals surface area contributed by atoms with Crippen molar-refractivity contribution in [1.29, 1.82) is 0 Å². The Morgan fingerprint density at radius 2 is 2.09 bits per heavy atom. The molecule has 11 heavy (non-hydrogen) atoms. The number of aromatic nitrogens is 1. The van der Waals surface area contributed by atoms with Crippen molar-refractivity contribution in [3.05, 3.63) is 23.5 Å². The first-order valence-electron chi connectivity index (χ1n) is 3.06. The van der Waals surface area contributed by atoms with Crippen LogP contribution in [-0.2, 0) is 10.7 Å². The summed E-state index contributed by atoms with van der Waals surface area (Å²) in [6.45, 7) is 0. The van der Waals surface area contributed by atoms with Gasteiger partial charge in [0.2, 0.25) is 0 Å². The topological polar surface area (TPSA) is 33.1 Å². The largest absolute Gasteiger partial charge is 0.506 e. The van der Waals surface area contributed by atoms with Gasteiger partial charge in [0.1, 0.15) is 5.75 Å². The van der Waals surface area contributed by atoms with Crippen molar-refractivity contribution in [3.8, 4) is 5.75 Å². The highest BCUT2D eigenvalue weighted by atomic mass is 79.9. The maximum atomic E-state index is 9.22. The van der Waals surface area contributed by atoms with Crippen molar-refractivity contribution < 1.29 is 5.11 Å². The summed E-state index contributed by atoms with van der Waals surface area (Å²) in [6, 6.07) is 1.86. The molecule has 0 spiro atoms. The molecule has 1 heterocycles. The first-order valence-corrected chi connectivity index (χ1v) is 5.31. The molecule has 0 saturated heterocycles. The highest BCUT2D eigenvalue weighted by molar-refractivity contribution is 9.08. The summed E-state index contributed by atoms with van der Waals surface area (Å²) in [7, 11) is 0. The fourth-order valence-corrected chi connectivity index (χ4v) is 1.48. The standard InChI is InChI=1S/C7H7Br2NO/c8-2-5-1-6(3-9)10-4-7(5)11/h1,4,11H,2-3H2. The summed E-state index contributed by atoms with van der Waals surface area (Å²) >= 11 is 6.55. The van der Waals surface area contributed by atoms with Crippen LogP contribution in [0.1, 0.15) is 11.3 Å². The van der Waals surface area contributed by atoms with Crippen molar-refractivity contribution in [2.45, 2.75) is 10.7 Å². The minimum atomic E-state index is 0.242. The van der Waals surface area contributed by atoms with E-state index < -0.39 is 0 Å². The lowest BCUT2D eigenvalue weighted by molar-refractivity contribution is 0.467. The third-order valence-corrected chi connectivity index (χ3v) is 2.48. The van der Waals surface area contributed by atoms with Gasteiger partial charge in [-0.05, 0) is 6.07 Å². The van der Waals surface area contributed by atoms with Gasteiger partial charge in [0, 0.05) is 16.2 Å². The Labute approximate surface area is 81.9 Å². The van der Waals surface area contributed by atoms with E-state index in [0.29, 0.717) is 10.7 Å². The first-order chi connectivity index (χ1) is 5.27. The second-order valence-electron chi connectivity index (χ2n) is 2.07. The zero-order valence-electron chi connectivity index (χ0n) is 5.72. The fraction of sp³-hybridized carbons (Fsp3) is 0.286. The molecule has 1 N–H and O–H groups in total. The average molecular weight is 281 g/mol. The number of alkyl halides is 2. The smallest absolute Gasteiger partial charge is 0.137 e. The molecule has 1 rings (SSSR count). The number of hydrogen-bond acceptors (Lipinski definition) is 2. The van der Waals surface area contributed by atoms with Gasteiger partial charge in [-0.3, -0.25) is 4.98 Å². The van der Waals surface area contributed by atoms with Gasteiger partial charge < -0.3 is 5.11 Å². The number of hydrogen-bond donors (Lipinski definition) is 1. The van der Waals surface area contributed by atoms with Crippen molar-refractivity contribution in [1.82, 2.24) is 4.98 Å². The number of pyridine rings is 1. The van der Waals surface area contributed by atoms with Gasteiger partial charge in [0.25, 0.3) is 0 Å². The predicted molar refractivity (Wildman–Crippen MR) is 51.2 cm³/mol. The molecule has 0 atom stereocenters. The quantitative estimate of drug-likeness (QED) is 0.845. The lowest BCUT2D eigenvalue weighted by atomic mass is 10.2. The normalized spacial score (nSPS) is 10.0. The van der Waals surface area contributed by atoms with E-state index in [2.05, 4.69) is 36.8 Å². The van der Waals surface area contributed by atoms with E-state index in [4.69, 9.17) is 0 Å². The van der Waals surface area contributed by atoms with E-state index in [1.165, 1.54) is 6.20 Å². The van der Waals surface area contributed by atoms with Crippen LogP contribution in [-0.4, -0.2) is 10.1 Å². The maximum Gasteiger partial charge on any atom is 0.137 e. The van der Waals surface area contributed by atoms with E-state index in [1.807, 2.05) is 6.07 Å². The fourth-order valence-electron chi connectivity index (χ4n) is 0.719. The zero-order chi connectivity index (χ0) is 8.27. The van der Waals surface area contributed by atoms with Gasteiger partial charge in [0.15, 0.2) is 0 Å². The first kappa shape index (κ1) is 9.00. The number of rotatable bonds is 2. The maximum absolute atomic E-state index is 9.22. The van der Waals surface area contributed by atoms with Crippen molar-refractivity contribution in [2.24, 2.45) is 0 Å². The third kappa shape index (κ3) is 2.17. The monoisotopic (exact) mass is 279 g/mol. The van der Waals surface area contributed by atoms with Gasteiger partial charge in [-0.25, -0.2) is 0 Å². The summed E-state index contributed by atoms with van der Waals surface area (Å²) in [4.78, 5) is 3.99. The van der Waals surface area contributed by atoms with Gasteiger partial charge >= 0.3 is 0 Å². The summed E-state index contributed by atoms with van der Waals surface area (Å²) in [5, 5.41) is 10.6. The van der Waals surface area contributed by atoms with E-state index >= 15 is 0 Å². The molecule has 0 radical (unpaired) electrons. The minimum Gasteiger partial charge on any atom is -0.506 e. The SMILES string of the molecule is Oc1cnc(CBr)cc1CBr. The van der Waals surface area contributed by atoms with E-state index in [-0.39, 0.29) is 5.75 Å². The Morgan fingerprint density at radius 3 is 2.64 bits per heavy atom. The van der Waals surface area contributed by atoms with Gasteiger partial charge in [-0.2, -0.15) is 0 Å². The van der Waals surface area contributed by atoms with Crippen molar-refractivity contribution in [3.63, 3.8) is 0 Å². The molecule has 0 aliphatic heterocycles. The van der Waals surface area contributed by atoms with Crippen LogP contribution >= 0.6 is 31.9 Å². The molecular weight excluding hydrogens is 274 g/mol. The van der Waals surface area contributed by atoms with Crippen LogP contribution in [0.2, 0.25) is 0 Å². The summed E-state index contributed by atoms with van der Waals surface area (Å²) in [6.07, 6.45) is 1.47. The van der Waals surface area contributed by atoms with Gasteiger partial charge in [-0.15, -0.1) is 0 Å². The van der Waals surface area contributed by atoms with Crippen LogP contribution in [0.3, 0.4) is 0 Å². The molecule has 4 heteroatoms. The second kappa shape index (κ2) is 4.07. The van der Waals surface area contributed by atoms with Crippen LogP contribution in [0.25, 0.3) is 0 Å². The third-order valence-electron chi connectivity index (χ3n) is 1.30.